The van der Waals surface area contributed by atoms with Gasteiger partial charge in [0, 0.05) is 7.11 Å². The first-order valence-electron chi connectivity index (χ1n) is 6.68. The Kier molecular flexibility index (Phi) is 5.55. The Morgan fingerprint density at radius 1 is 1.37 bits per heavy atom. The molecule has 0 fully saturated rings. The van der Waals surface area contributed by atoms with E-state index in [4.69, 9.17) is 4.74 Å². The zero-order chi connectivity index (χ0) is 14.5. The minimum absolute atomic E-state index is 0.264. The lowest BCUT2D eigenvalue weighted by Gasteiger charge is -2.24. The fourth-order valence-electron chi connectivity index (χ4n) is 2.04. The number of hydrogen-bond acceptors (Lipinski definition) is 2. The van der Waals surface area contributed by atoms with Crippen molar-refractivity contribution in [2.45, 2.75) is 45.6 Å². The summed E-state index contributed by atoms with van der Waals surface area (Å²) in [5.41, 5.74) is 2.00. The van der Waals surface area contributed by atoms with Crippen LogP contribution in [0.2, 0.25) is 0 Å². The first-order valence-corrected chi connectivity index (χ1v) is 6.68. The molecule has 0 aliphatic heterocycles. The number of hydrogen-bond donors (Lipinski definition) is 1. The van der Waals surface area contributed by atoms with Crippen LogP contribution < -0.4 is 0 Å². The van der Waals surface area contributed by atoms with Crippen LogP contribution in [0.1, 0.15) is 37.8 Å². The molecule has 0 saturated carbocycles. The van der Waals surface area contributed by atoms with Gasteiger partial charge in [-0.25, -0.2) is 0 Å². The molecule has 1 atom stereocenters. The molecule has 0 amide bonds. The number of ether oxygens (including phenoxy) is 1. The predicted octanol–water partition coefficient (Wildman–Crippen LogP) is 3.44. The molecule has 1 aromatic rings. The largest absolute Gasteiger partial charge is 0.481 e. The molecule has 0 saturated heterocycles. The summed E-state index contributed by atoms with van der Waals surface area (Å²) in [5, 5.41) is 9.35. The summed E-state index contributed by atoms with van der Waals surface area (Å²) in [5.74, 6) is -1.08. The number of benzene rings is 1. The molecule has 0 heterocycles. The molecule has 0 aliphatic rings. The van der Waals surface area contributed by atoms with Crippen LogP contribution in [0.25, 0.3) is 0 Å². The zero-order valence-electron chi connectivity index (χ0n) is 12.3. The van der Waals surface area contributed by atoms with Gasteiger partial charge in [0.25, 0.3) is 0 Å². The quantitative estimate of drug-likeness (QED) is 0.820. The van der Waals surface area contributed by atoms with Gasteiger partial charge in [0.2, 0.25) is 0 Å². The fourth-order valence-corrected chi connectivity index (χ4v) is 2.04. The van der Waals surface area contributed by atoms with Gasteiger partial charge in [-0.05, 0) is 51.2 Å². The maximum Gasteiger partial charge on any atom is 0.306 e. The van der Waals surface area contributed by atoms with Crippen LogP contribution in [0.15, 0.2) is 24.3 Å². The SMILES string of the molecule is COC(C)(C)CCC(Cc1ccccc1C)C(=O)O. The van der Waals surface area contributed by atoms with Gasteiger partial charge in [-0.15, -0.1) is 0 Å². The van der Waals surface area contributed by atoms with Crippen molar-refractivity contribution < 1.29 is 14.6 Å². The molecule has 0 bridgehead atoms. The monoisotopic (exact) mass is 264 g/mol. The first kappa shape index (κ1) is 15.7. The van der Waals surface area contributed by atoms with Gasteiger partial charge >= 0.3 is 5.97 Å². The van der Waals surface area contributed by atoms with Crippen LogP contribution >= 0.6 is 0 Å². The molecule has 0 radical (unpaired) electrons. The third kappa shape index (κ3) is 5.03. The Bertz CT molecular complexity index is 424. The van der Waals surface area contributed by atoms with Crippen molar-refractivity contribution in [3.8, 4) is 0 Å². The lowest BCUT2D eigenvalue weighted by molar-refractivity contribution is -0.142. The van der Waals surface area contributed by atoms with E-state index in [1.807, 2.05) is 45.0 Å². The smallest absolute Gasteiger partial charge is 0.306 e. The molecular weight excluding hydrogens is 240 g/mol. The molecule has 0 spiro atoms. The number of carbonyl (C=O) groups is 1. The van der Waals surface area contributed by atoms with Crippen LogP contribution in [0.5, 0.6) is 0 Å². The highest BCUT2D eigenvalue weighted by Crippen LogP contribution is 2.23. The van der Waals surface area contributed by atoms with Gasteiger partial charge in [0.05, 0.1) is 11.5 Å². The van der Waals surface area contributed by atoms with E-state index in [9.17, 15) is 9.90 Å². The third-order valence-corrected chi connectivity index (χ3v) is 3.72. The average Bonchev–Trinajstić information content (AvgIpc) is 2.36. The Balaban J connectivity index is 2.69. The highest BCUT2D eigenvalue weighted by molar-refractivity contribution is 5.70. The van der Waals surface area contributed by atoms with Crippen molar-refractivity contribution in [3.63, 3.8) is 0 Å². The van der Waals surface area contributed by atoms with Crippen LogP contribution in [0, 0.1) is 12.8 Å². The summed E-state index contributed by atoms with van der Waals surface area (Å²) in [6.45, 7) is 5.99. The van der Waals surface area contributed by atoms with E-state index < -0.39 is 5.97 Å². The Labute approximate surface area is 115 Å². The number of carboxylic acids is 1. The van der Waals surface area contributed by atoms with Crippen LogP contribution in [-0.4, -0.2) is 23.8 Å². The van der Waals surface area contributed by atoms with Gasteiger partial charge in [-0.3, -0.25) is 4.79 Å². The summed E-state index contributed by atoms with van der Waals surface area (Å²) in [6, 6.07) is 7.96. The third-order valence-electron chi connectivity index (χ3n) is 3.72. The number of rotatable bonds is 7. The van der Waals surface area contributed by atoms with Gasteiger partial charge < -0.3 is 9.84 Å². The molecule has 3 heteroatoms. The van der Waals surface area contributed by atoms with Crippen LogP contribution in [-0.2, 0) is 16.0 Å². The molecule has 0 aromatic heterocycles. The standard InChI is InChI=1S/C16H24O3/c1-12-7-5-6-8-13(12)11-14(15(17)18)9-10-16(2,3)19-4/h5-8,14H,9-11H2,1-4H3,(H,17,18). The van der Waals surface area contributed by atoms with Gasteiger partial charge in [0.1, 0.15) is 0 Å². The molecule has 106 valence electrons. The van der Waals surface area contributed by atoms with E-state index in [1.165, 1.54) is 0 Å². The maximum absolute atomic E-state index is 11.4. The summed E-state index contributed by atoms with van der Waals surface area (Å²) in [4.78, 5) is 11.4. The highest BCUT2D eigenvalue weighted by atomic mass is 16.5. The van der Waals surface area contributed by atoms with Crippen molar-refractivity contribution in [1.82, 2.24) is 0 Å². The Morgan fingerprint density at radius 2 is 2.00 bits per heavy atom. The van der Waals surface area contributed by atoms with Crippen molar-refractivity contribution in [1.29, 1.82) is 0 Å². The second-order valence-electron chi connectivity index (χ2n) is 5.67. The topological polar surface area (TPSA) is 46.5 Å². The van der Waals surface area contributed by atoms with Gasteiger partial charge in [0.15, 0.2) is 0 Å². The van der Waals surface area contributed by atoms with E-state index in [-0.39, 0.29) is 11.5 Å². The summed E-state index contributed by atoms with van der Waals surface area (Å²) >= 11 is 0. The second-order valence-corrected chi connectivity index (χ2v) is 5.67. The van der Waals surface area contributed by atoms with E-state index in [0.29, 0.717) is 12.8 Å². The van der Waals surface area contributed by atoms with Crippen LogP contribution in [0.3, 0.4) is 0 Å². The molecule has 0 aliphatic carbocycles. The predicted molar refractivity (Wildman–Crippen MR) is 76.3 cm³/mol. The molecule has 1 unspecified atom stereocenters. The number of aliphatic carboxylic acids is 1. The second kappa shape index (κ2) is 6.71. The average molecular weight is 264 g/mol. The van der Waals surface area contributed by atoms with Crippen molar-refractivity contribution in [2.24, 2.45) is 5.92 Å². The molecular formula is C16H24O3. The number of methoxy groups -OCH3 is 1. The Hall–Kier alpha value is -1.35. The minimum atomic E-state index is -0.727. The summed E-state index contributed by atoms with van der Waals surface area (Å²) in [7, 11) is 1.66. The lowest BCUT2D eigenvalue weighted by Crippen LogP contribution is -2.26. The fraction of sp³-hybridized carbons (Fsp3) is 0.562. The lowest BCUT2D eigenvalue weighted by atomic mass is 9.89. The van der Waals surface area contributed by atoms with E-state index in [0.717, 1.165) is 17.5 Å². The number of carboxylic acid groups (broad SMARTS) is 1. The van der Waals surface area contributed by atoms with E-state index in [2.05, 4.69) is 0 Å². The summed E-state index contributed by atoms with van der Waals surface area (Å²) in [6.07, 6.45) is 1.96. The molecule has 19 heavy (non-hydrogen) atoms. The molecule has 1 rings (SSSR count). The molecule has 1 aromatic carbocycles. The van der Waals surface area contributed by atoms with Crippen molar-refractivity contribution >= 4 is 5.97 Å². The molecule has 3 nitrogen and oxygen atoms in total. The summed E-state index contributed by atoms with van der Waals surface area (Å²) < 4.78 is 5.35. The van der Waals surface area contributed by atoms with Gasteiger partial charge in [-0.2, -0.15) is 0 Å². The number of aryl methyl sites for hydroxylation is 1. The first-order chi connectivity index (χ1) is 8.85. The van der Waals surface area contributed by atoms with Crippen molar-refractivity contribution in [2.75, 3.05) is 7.11 Å². The highest BCUT2D eigenvalue weighted by Gasteiger charge is 2.24. The van der Waals surface area contributed by atoms with Crippen molar-refractivity contribution in [3.05, 3.63) is 35.4 Å². The van der Waals surface area contributed by atoms with E-state index >= 15 is 0 Å². The van der Waals surface area contributed by atoms with Crippen LogP contribution in [0.4, 0.5) is 0 Å². The van der Waals surface area contributed by atoms with E-state index in [1.54, 1.807) is 7.11 Å². The van der Waals surface area contributed by atoms with Gasteiger partial charge in [-0.1, -0.05) is 24.3 Å². The Morgan fingerprint density at radius 3 is 2.53 bits per heavy atom. The minimum Gasteiger partial charge on any atom is -0.481 e. The normalized spacial score (nSPS) is 13.3. The molecule has 1 N–H and O–H groups in total. The maximum atomic E-state index is 11.4. The zero-order valence-corrected chi connectivity index (χ0v) is 12.3.